The molecule has 88 valence electrons. The summed E-state index contributed by atoms with van der Waals surface area (Å²) in [6.45, 7) is 2.23. The third-order valence-corrected chi connectivity index (χ3v) is 3.21. The maximum Gasteiger partial charge on any atom is 0.145 e. The molecule has 0 unspecified atom stereocenters. The Bertz CT molecular complexity index is 361. The van der Waals surface area contributed by atoms with E-state index in [4.69, 9.17) is 17.3 Å². The predicted molar refractivity (Wildman–Crippen MR) is 67.8 cm³/mol. The van der Waals surface area contributed by atoms with Gasteiger partial charge in [0.15, 0.2) is 0 Å². The Balaban J connectivity index is 1.98. The Morgan fingerprint density at radius 3 is 2.81 bits per heavy atom. The second-order valence-corrected chi connectivity index (χ2v) is 4.73. The van der Waals surface area contributed by atoms with E-state index < -0.39 is 0 Å². The fourth-order valence-corrected chi connectivity index (χ4v) is 2.13. The number of pyridine rings is 1. The fraction of sp³-hybridized carbons (Fsp3) is 0.545. The summed E-state index contributed by atoms with van der Waals surface area (Å²) in [5.74, 6) is 0.741. The van der Waals surface area contributed by atoms with E-state index in [9.17, 15) is 0 Å². The highest BCUT2D eigenvalue weighted by molar-refractivity contribution is 6.33. The smallest absolute Gasteiger partial charge is 0.145 e. The molecule has 1 aliphatic rings. The largest absolute Gasteiger partial charge is 0.397 e. The zero-order valence-corrected chi connectivity index (χ0v) is 10.2. The van der Waals surface area contributed by atoms with E-state index in [0.29, 0.717) is 16.8 Å². The number of nitrogen functional groups attached to an aromatic ring is 1. The molecule has 0 atom stereocenters. The number of aromatic nitrogens is 1. The van der Waals surface area contributed by atoms with Crippen molar-refractivity contribution in [2.45, 2.75) is 18.9 Å². The number of nitrogens with one attached hydrogen (secondary N) is 1. The molecule has 0 bridgehead atoms. The summed E-state index contributed by atoms with van der Waals surface area (Å²) in [7, 11) is 2.14. The van der Waals surface area contributed by atoms with Crippen molar-refractivity contribution in [1.82, 2.24) is 9.88 Å². The second kappa shape index (κ2) is 4.89. The third-order valence-electron chi connectivity index (χ3n) is 2.92. The van der Waals surface area contributed by atoms with Crippen molar-refractivity contribution in [3.8, 4) is 0 Å². The van der Waals surface area contributed by atoms with Gasteiger partial charge in [0.2, 0.25) is 0 Å². The molecular formula is C11H17ClN4. The average Bonchev–Trinajstić information content (AvgIpc) is 2.25. The number of likely N-dealkylation sites (tertiary alicyclic amines) is 1. The lowest BCUT2D eigenvalue weighted by Gasteiger charge is -2.29. The Labute approximate surface area is 101 Å². The molecule has 0 aliphatic carbocycles. The van der Waals surface area contributed by atoms with Gasteiger partial charge >= 0.3 is 0 Å². The molecule has 16 heavy (non-hydrogen) atoms. The Kier molecular flexibility index (Phi) is 3.51. The van der Waals surface area contributed by atoms with Crippen LogP contribution in [0.25, 0.3) is 0 Å². The van der Waals surface area contributed by atoms with Crippen LogP contribution in [0, 0.1) is 0 Å². The first-order valence-electron chi connectivity index (χ1n) is 5.51. The van der Waals surface area contributed by atoms with E-state index in [1.54, 1.807) is 12.3 Å². The van der Waals surface area contributed by atoms with E-state index in [2.05, 4.69) is 22.2 Å². The minimum absolute atomic E-state index is 0.463. The van der Waals surface area contributed by atoms with Gasteiger partial charge in [-0.05, 0) is 39.0 Å². The number of hydrogen-bond donors (Lipinski definition) is 2. The standard InChI is InChI=1S/C11H17ClN4/c1-16-4-2-9(3-5-16)15-11-10(12)6-8(13)7-14-11/h6-7,9H,2-5,13H2,1H3,(H,14,15). The molecule has 0 amide bonds. The molecule has 2 heterocycles. The number of nitrogens with two attached hydrogens (primary N) is 1. The minimum Gasteiger partial charge on any atom is -0.397 e. The first-order valence-corrected chi connectivity index (χ1v) is 5.89. The first-order chi connectivity index (χ1) is 7.65. The van der Waals surface area contributed by atoms with Gasteiger partial charge in [0.25, 0.3) is 0 Å². The highest BCUT2D eigenvalue weighted by Gasteiger charge is 2.17. The molecule has 1 aromatic heterocycles. The van der Waals surface area contributed by atoms with E-state index >= 15 is 0 Å². The highest BCUT2D eigenvalue weighted by atomic mass is 35.5. The number of nitrogens with zero attached hydrogens (tertiary/aromatic N) is 2. The molecule has 0 spiro atoms. The van der Waals surface area contributed by atoms with Crippen LogP contribution in [0.5, 0.6) is 0 Å². The molecular weight excluding hydrogens is 224 g/mol. The minimum atomic E-state index is 0.463. The zero-order chi connectivity index (χ0) is 11.5. The highest BCUT2D eigenvalue weighted by Crippen LogP contribution is 2.23. The lowest BCUT2D eigenvalue weighted by molar-refractivity contribution is 0.263. The second-order valence-electron chi connectivity index (χ2n) is 4.32. The van der Waals surface area contributed by atoms with E-state index in [-0.39, 0.29) is 0 Å². The lowest BCUT2D eigenvalue weighted by atomic mass is 10.1. The number of rotatable bonds is 2. The van der Waals surface area contributed by atoms with Gasteiger partial charge in [-0.15, -0.1) is 0 Å². The van der Waals surface area contributed by atoms with Crippen molar-refractivity contribution >= 4 is 23.1 Å². The summed E-state index contributed by atoms with van der Waals surface area (Å²) < 4.78 is 0. The van der Waals surface area contributed by atoms with Crippen molar-refractivity contribution < 1.29 is 0 Å². The van der Waals surface area contributed by atoms with Gasteiger partial charge in [0.1, 0.15) is 5.82 Å². The van der Waals surface area contributed by atoms with Crippen molar-refractivity contribution in [2.24, 2.45) is 0 Å². The molecule has 0 saturated carbocycles. The van der Waals surface area contributed by atoms with E-state index in [1.807, 2.05) is 0 Å². The Hall–Kier alpha value is -1.00. The van der Waals surface area contributed by atoms with Gasteiger partial charge in [0.05, 0.1) is 16.9 Å². The molecule has 3 N–H and O–H groups in total. The SMILES string of the molecule is CN1CCC(Nc2ncc(N)cc2Cl)CC1. The maximum atomic E-state index is 6.06. The third kappa shape index (κ3) is 2.77. The summed E-state index contributed by atoms with van der Waals surface area (Å²) in [6.07, 6.45) is 3.88. The van der Waals surface area contributed by atoms with Crippen molar-refractivity contribution in [3.05, 3.63) is 17.3 Å². The van der Waals surface area contributed by atoms with Gasteiger partial charge in [-0.1, -0.05) is 11.6 Å². The molecule has 1 saturated heterocycles. The molecule has 5 heteroatoms. The van der Waals surface area contributed by atoms with Gasteiger partial charge < -0.3 is 16.0 Å². The summed E-state index contributed by atoms with van der Waals surface area (Å²) in [5.41, 5.74) is 6.19. The molecule has 1 aliphatic heterocycles. The lowest BCUT2D eigenvalue weighted by Crippen LogP contribution is -2.36. The first kappa shape index (κ1) is 11.5. The van der Waals surface area contributed by atoms with Crippen LogP contribution < -0.4 is 11.1 Å². The number of piperidine rings is 1. The number of hydrogen-bond acceptors (Lipinski definition) is 4. The van der Waals surface area contributed by atoms with Crippen LogP contribution in [0.4, 0.5) is 11.5 Å². The van der Waals surface area contributed by atoms with Crippen molar-refractivity contribution in [3.63, 3.8) is 0 Å². The van der Waals surface area contributed by atoms with Crippen molar-refractivity contribution in [1.29, 1.82) is 0 Å². The average molecular weight is 241 g/mol. The summed E-state index contributed by atoms with van der Waals surface area (Å²) in [5, 5.41) is 3.97. The maximum absolute atomic E-state index is 6.06. The van der Waals surface area contributed by atoms with Gasteiger partial charge in [-0.2, -0.15) is 0 Å². The number of anilines is 2. The predicted octanol–water partition coefficient (Wildman–Crippen LogP) is 1.82. The van der Waals surface area contributed by atoms with Crippen LogP contribution in [0.15, 0.2) is 12.3 Å². The topological polar surface area (TPSA) is 54.2 Å². The van der Waals surface area contributed by atoms with Gasteiger partial charge in [-0.25, -0.2) is 4.98 Å². The quantitative estimate of drug-likeness (QED) is 0.828. The number of halogens is 1. The van der Waals surface area contributed by atoms with Crippen molar-refractivity contribution in [2.75, 3.05) is 31.2 Å². The van der Waals surface area contributed by atoms with Crippen LogP contribution in [0.2, 0.25) is 5.02 Å². The van der Waals surface area contributed by atoms with Gasteiger partial charge in [0, 0.05) is 6.04 Å². The molecule has 0 radical (unpaired) electrons. The molecule has 4 nitrogen and oxygen atoms in total. The summed E-state index contributed by atoms with van der Waals surface area (Å²) >= 11 is 6.06. The summed E-state index contributed by atoms with van der Waals surface area (Å²) in [4.78, 5) is 6.54. The van der Waals surface area contributed by atoms with Crippen LogP contribution in [0.3, 0.4) is 0 Å². The normalized spacial score (nSPS) is 18.6. The van der Waals surface area contributed by atoms with E-state index in [1.165, 1.54) is 0 Å². The molecule has 2 rings (SSSR count). The van der Waals surface area contributed by atoms with E-state index in [0.717, 1.165) is 31.7 Å². The molecule has 1 aromatic rings. The Morgan fingerprint density at radius 2 is 2.19 bits per heavy atom. The molecule has 1 fully saturated rings. The summed E-state index contributed by atoms with van der Waals surface area (Å²) in [6, 6.07) is 2.19. The molecule has 0 aromatic carbocycles. The Morgan fingerprint density at radius 1 is 1.50 bits per heavy atom. The fourth-order valence-electron chi connectivity index (χ4n) is 1.91. The van der Waals surface area contributed by atoms with Gasteiger partial charge in [-0.3, -0.25) is 0 Å². The van der Waals surface area contributed by atoms with Crippen LogP contribution in [-0.2, 0) is 0 Å². The monoisotopic (exact) mass is 240 g/mol. The van der Waals surface area contributed by atoms with Crippen LogP contribution in [0.1, 0.15) is 12.8 Å². The van der Waals surface area contributed by atoms with Crippen LogP contribution >= 0.6 is 11.6 Å². The zero-order valence-electron chi connectivity index (χ0n) is 9.41. The van der Waals surface area contributed by atoms with Crippen LogP contribution in [-0.4, -0.2) is 36.1 Å².